The summed E-state index contributed by atoms with van der Waals surface area (Å²) in [4.78, 5) is 8.17. The highest BCUT2D eigenvalue weighted by Crippen LogP contribution is 2.32. The Balaban J connectivity index is 2.18. The second kappa shape index (κ2) is 3.96. The molecule has 0 saturated heterocycles. The van der Waals surface area contributed by atoms with Gasteiger partial charge in [0.1, 0.15) is 6.33 Å². The molecule has 2 aromatic heterocycles. The van der Waals surface area contributed by atoms with Crippen LogP contribution in [0.5, 0.6) is 0 Å². The Morgan fingerprint density at radius 1 is 1.35 bits per heavy atom. The molecule has 0 bridgehead atoms. The van der Waals surface area contributed by atoms with Gasteiger partial charge in [0.2, 0.25) is 0 Å². The Morgan fingerprint density at radius 3 is 2.88 bits per heavy atom. The van der Waals surface area contributed by atoms with Crippen molar-refractivity contribution in [1.29, 1.82) is 0 Å². The molecular weight excluding hydrogens is 212 g/mol. The van der Waals surface area contributed by atoms with Gasteiger partial charge in [0.25, 0.3) is 0 Å². The summed E-state index contributed by atoms with van der Waals surface area (Å²) in [6.07, 6.45) is 8.58. The van der Waals surface area contributed by atoms with Gasteiger partial charge in [-0.05, 0) is 37.8 Å². The molecule has 17 heavy (non-hydrogen) atoms. The number of hydrogen-bond donors (Lipinski definition) is 1. The summed E-state index contributed by atoms with van der Waals surface area (Å²) in [6.45, 7) is 2.11. The van der Waals surface area contributed by atoms with Crippen molar-refractivity contribution in [3.63, 3.8) is 0 Å². The molecule has 0 aromatic carbocycles. The lowest BCUT2D eigenvalue weighted by molar-refractivity contribution is 0.559. The number of aryl methyl sites for hydroxylation is 1. The number of rotatable bonds is 1. The van der Waals surface area contributed by atoms with Crippen LogP contribution in [-0.2, 0) is 6.42 Å². The van der Waals surface area contributed by atoms with Gasteiger partial charge in [-0.3, -0.25) is 0 Å². The van der Waals surface area contributed by atoms with Crippen LogP contribution in [0, 0.1) is 6.92 Å². The van der Waals surface area contributed by atoms with Crippen molar-refractivity contribution >= 4 is 0 Å². The molecular formula is C13H16N4. The summed E-state index contributed by atoms with van der Waals surface area (Å²) in [5.74, 6) is 0. The third kappa shape index (κ3) is 1.65. The maximum Gasteiger partial charge on any atom is 0.115 e. The van der Waals surface area contributed by atoms with Gasteiger partial charge in [-0.25, -0.2) is 9.97 Å². The molecule has 2 heterocycles. The number of aromatic nitrogens is 3. The largest absolute Gasteiger partial charge is 0.324 e. The maximum absolute atomic E-state index is 6.16. The fourth-order valence-corrected chi connectivity index (χ4v) is 2.70. The van der Waals surface area contributed by atoms with E-state index in [9.17, 15) is 0 Å². The number of fused-ring (bicyclic) bond motifs is 1. The first kappa shape index (κ1) is 10.5. The molecule has 4 heteroatoms. The second-order valence-electron chi connectivity index (χ2n) is 4.62. The second-order valence-corrected chi connectivity index (χ2v) is 4.62. The van der Waals surface area contributed by atoms with Crippen LogP contribution in [-0.4, -0.2) is 14.5 Å². The van der Waals surface area contributed by atoms with Gasteiger partial charge in [-0.1, -0.05) is 0 Å². The van der Waals surface area contributed by atoms with Gasteiger partial charge in [0.15, 0.2) is 0 Å². The predicted molar refractivity (Wildman–Crippen MR) is 66.0 cm³/mol. The van der Waals surface area contributed by atoms with Crippen LogP contribution >= 0.6 is 0 Å². The van der Waals surface area contributed by atoms with Gasteiger partial charge < -0.3 is 10.3 Å². The zero-order valence-electron chi connectivity index (χ0n) is 9.93. The maximum atomic E-state index is 6.16. The molecule has 0 spiro atoms. The molecule has 0 fully saturated rings. The molecule has 1 atom stereocenters. The number of hydrogen-bond acceptors (Lipinski definition) is 3. The molecule has 0 aliphatic heterocycles. The van der Waals surface area contributed by atoms with Crippen LogP contribution < -0.4 is 5.73 Å². The Morgan fingerprint density at radius 2 is 2.12 bits per heavy atom. The van der Waals surface area contributed by atoms with Crippen LogP contribution in [0.1, 0.15) is 35.8 Å². The average molecular weight is 228 g/mol. The van der Waals surface area contributed by atoms with E-state index in [4.69, 9.17) is 5.73 Å². The van der Waals surface area contributed by atoms with Crippen molar-refractivity contribution in [1.82, 2.24) is 14.5 Å². The van der Waals surface area contributed by atoms with Crippen LogP contribution in [0.4, 0.5) is 0 Å². The third-order valence-electron chi connectivity index (χ3n) is 3.45. The molecule has 0 radical (unpaired) electrons. The highest BCUT2D eigenvalue weighted by Gasteiger charge is 2.22. The quantitative estimate of drug-likeness (QED) is 0.811. The zero-order chi connectivity index (χ0) is 11.8. The number of nitrogens with zero attached hydrogens (tertiary/aromatic N) is 3. The van der Waals surface area contributed by atoms with E-state index in [2.05, 4.69) is 27.5 Å². The van der Waals surface area contributed by atoms with Gasteiger partial charge in [0.05, 0.1) is 18.1 Å². The molecule has 1 unspecified atom stereocenters. The minimum Gasteiger partial charge on any atom is -0.324 e. The van der Waals surface area contributed by atoms with Crippen LogP contribution in [0.3, 0.4) is 0 Å². The summed E-state index contributed by atoms with van der Waals surface area (Å²) in [5, 5.41) is 0. The fraction of sp³-hybridized carbons (Fsp3) is 0.385. The van der Waals surface area contributed by atoms with E-state index in [1.165, 1.54) is 17.0 Å². The molecule has 3 rings (SSSR count). The fourth-order valence-electron chi connectivity index (χ4n) is 2.70. The Hall–Kier alpha value is -1.68. The Bertz CT molecular complexity index is 530. The van der Waals surface area contributed by atoms with E-state index in [0.29, 0.717) is 0 Å². The zero-order valence-corrected chi connectivity index (χ0v) is 9.93. The monoisotopic (exact) mass is 228 g/mol. The van der Waals surface area contributed by atoms with E-state index >= 15 is 0 Å². The van der Waals surface area contributed by atoms with Crippen LogP contribution in [0.25, 0.3) is 5.69 Å². The highest BCUT2D eigenvalue weighted by molar-refractivity contribution is 5.41. The van der Waals surface area contributed by atoms with E-state index in [0.717, 1.165) is 24.9 Å². The summed E-state index contributed by atoms with van der Waals surface area (Å²) >= 11 is 0. The first-order valence-corrected chi connectivity index (χ1v) is 5.99. The SMILES string of the molecule is Cc1cc2c(n1-c1cncnc1)CCCC2N. The van der Waals surface area contributed by atoms with E-state index in [1.807, 2.05) is 12.4 Å². The summed E-state index contributed by atoms with van der Waals surface area (Å²) in [6, 6.07) is 2.38. The van der Waals surface area contributed by atoms with Crippen molar-refractivity contribution in [2.24, 2.45) is 5.73 Å². The van der Waals surface area contributed by atoms with E-state index in [1.54, 1.807) is 6.33 Å². The third-order valence-corrected chi connectivity index (χ3v) is 3.45. The molecule has 0 amide bonds. The first-order chi connectivity index (χ1) is 8.27. The van der Waals surface area contributed by atoms with Crippen molar-refractivity contribution in [2.45, 2.75) is 32.2 Å². The summed E-state index contributed by atoms with van der Waals surface area (Å²) in [7, 11) is 0. The number of nitrogens with two attached hydrogens (primary N) is 1. The van der Waals surface area contributed by atoms with Crippen molar-refractivity contribution in [2.75, 3.05) is 0 Å². The van der Waals surface area contributed by atoms with Gasteiger partial charge >= 0.3 is 0 Å². The van der Waals surface area contributed by atoms with Gasteiger partial charge in [-0.2, -0.15) is 0 Å². The minimum atomic E-state index is 0.184. The molecule has 4 nitrogen and oxygen atoms in total. The topological polar surface area (TPSA) is 56.7 Å². The van der Waals surface area contributed by atoms with Gasteiger partial charge in [0, 0.05) is 17.4 Å². The smallest absolute Gasteiger partial charge is 0.115 e. The first-order valence-electron chi connectivity index (χ1n) is 5.99. The van der Waals surface area contributed by atoms with Crippen molar-refractivity contribution < 1.29 is 0 Å². The lowest BCUT2D eigenvalue weighted by Crippen LogP contribution is -2.18. The normalized spacial score (nSPS) is 19.1. The van der Waals surface area contributed by atoms with E-state index in [-0.39, 0.29) is 6.04 Å². The van der Waals surface area contributed by atoms with E-state index < -0.39 is 0 Å². The molecule has 0 saturated carbocycles. The molecule has 2 N–H and O–H groups in total. The highest BCUT2D eigenvalue weighted by atomic mass is 15.0. The minimum absolute atomic E-state index is 0.184. The summed E-state index contributed by atoms with van der Waals surface area (Å²) in [5.41, 5.74) is 11.0. The lowest BCUT2D eigenvalue weighted by Gasteiger charge is -2.20. The molecule has 1 aliphatic carbocycles. The van der Waals surface area contributed by atoms with Crippen molar-refractivity contribution in [3.8, 4) is 5.69 Å². The van der Waals surface area contributed by atoms with Gasteiger partial charge in [-0.15, -0.1) is 0 Å². The molecule has 2 aromatic rings. The Kier molecular flexibility index (Phi) is 2.44. The van der Waals surface area contributed by atoms with Crippen LogP contribution in [0.2, 0.25) is 0 Å². The van der Waals surface area contributed by atoms with Crippen molar-refractivity contribution in [3.05, 3.63) is 41.7 Å². The summed E-state index contributed by atoms with van der Waals surface area (Å²) < 4.78 is 2.23. The average Bonchev–Trinajstić information content (AvgIpc) is 2.68. The Labute approximate surface area is 101 Å². The standard InChI is InChI=1S/C13H16N4/c1-9-5-11-12(14)3-2-4-13(11)17(9)10-6-15-8-16-7-10/h5-8,12H,2-4,14H2,1H3. The molecule has 1 aliphatic rings. The van der Waals surface area contributed by atoms with Crippen LogP contribution in [0.15, 0.2) is 24.8 Å². The lowest BCUT2D eigenvalue weighted by atomic mass is 9.93. The molecule has 88 valence electrons. The predicted octanol–water partition coefficient (Wildman–Crippen LogP) is 1.91.